The van der Waals surface area contributed by atoms with Gasteiger partial charge in [-0.2, -0.15) is 0 Å². The number of hydrogen-bond donors (Lipinski definition) is 2. The highest BCUT2D eigenvalue weighted by molar-refractivity contribution is 8.00. The van der Waals surface area contributed by atoms with Crippen LogP contribution in [0.25, 0.3) is 0 Å². The molecule has 1 fully saturated rings. The lowest BCUT2D eigenvalue weighted by Gasteiger charge is -2.40. The predicted molar refractivity (Wildman–Crippen MR) is 84.7 cm³/mol. The van der Waals surface area contributed by atoms with E-state index in [1.165, 1.54) is 17.8 Å². The summed E-state index contributed by atoms with van der Waals surface area (Å²) in [6.07, 6.45) is 3.32. The van der Waals surface area contributed by atoms with E-state index in [0.717, 1.165) is 19.3 Å². The second-order valence-corrected chi connectivity index (χ2v) is 7.35. The van der Waals surface area contributed by atoms with Crippen molar-refractivity contribution in [3.8, 4) is 0 Å². The Morgan fingerprint density at radius 2 is 2.19 bits per heavy atom. The van der Waals surface area contributed by atoms with Crippen molar-refractivity contribution in [1.82, 2.24) is 5.32 Å². The van der Waals surface area contributed by atoms with E-state index in [4.69, 9.17) is 5.73 Å². The van der Waals surface area contributed by atoms with Crippen LogP contribution in [-0.4, -0.2) is 22.7 Å². The highest BCUT2D eigenvalue weighted by Gasteiger charge is 2.42. The SMILES string of the molecule is CC(C)NC1(C(N)=O)CCCC(Sc2ccccc2F)C1. The Morgan fingerprint density at radius 1 is 1.48 bits per heavy atom. The van der Waals surface area contributed by atoms with Gasteiger partial charge in [-0.05, 0) is 51.7 Å². The molecule has 21 heavy (non-hydrogen) atoms. The molecule has 0 radical (unpaired) electrons. The van der Waals surface area contributed by atoms with Gasteiger partial charge in [0.2, 0.25) is 5.91 Å². The van der Waals surface area contributed by atoms with Crippen LogP contribution in [0, 0.1) is 5.82 Å². The topological polar surface area (TPSA) is 55.1 Å². The van der Waals surface area contributed by atoms with Crippen molar-refractivity contribution in [2.45, 2.75) is 61.3 Å². The Balaban J connectivity index is 2.12. The standard InChI is InChI=1S/C16H23FN2OS/c1-11(2)19-16(15(18)20)9-5-6-12(10-16)21-14-8-4-3-7-13(14)17/h3-4,7-8,11-12,19H,5-6,9-10H2,1-2H3,(H2,18,20). The first-order valence-electron chi connectivity index (χ1n) is 7.42. The fraction of sp³-hybridized carbons (Fsp3) is 0.562. The molecule has 2 unspecified atom stereocenters. The second kappa shape index (κ2) is 6.79. The Morgan fingerprint density at radius 3 is 2.81 bits per heavy atom. The van der Waals surface area contributed by atoms with Gasteiger partial charge in [-0.15, -0.1) is 11.8 Å². The number of primary amides is 1. The first kappa shape index (κ1) is 16.3. The molecule has 0 spiro atoms. The molecule has 1 aromatic carbocycles. The van der Waals surface area contributed by atoms with E-state index in [1.54, 1.807) is 12.1 Å². The van der Waals surface area contributed by atoms with E-state index in [9.17, 15) is 9.18 Å². The maximum atomic E-state index is 13.8. The summed E-state index contributed by atoms with van der Waals surface area (Å²) < 4.78 is 13.8. The molecule has 1 aromatic rings. The molecule has 2 atom stereocenters. The number of thioether (sulfide) groups is 1. The summed E-state index contributed by atoms with van der Waals surface area (Å²) in [5.74, 6) is -0.496. The third-order valence-corrected chi connectivity index (χ3v) is 5.19. The third kappa shape index (κ3) is 3.98. The van der Waals surface area contributed by atoms with Gasteiger partial charge in [0.15, 0.2) is 0 Å². The summed E-state index contributed by atoms with van der Waals surface area (Å²) in [7, 11) is 0. The van der Waals surface area contributed by atoms with E-state index in [1.807, 2.05) is 19.9 Å². The largest absolute Gasteiger partial charge is 0.368 e. The van der Waals surface area contributed by atoms with Crippen LogP contribution >= 0.6 is 11.8 Å². The molecule has 0 bridgehead atoms. The molecule has 1 amide bonds. The number of carbonyl (C=O) groups is 1. The summed E-state index contributed by atoms with van der Waals surface area (Å²) >= 11 is 1.52. The Kier molecular flexibility index (Phi) is 5.27. The molecular formula is C16H23FN2OS. The molecule has 116 valence electrons. The first-order chi connectivity index (χ1) is 9.93. The number of amides is 1. The number of hydrogen-bond acceptors (Lipinski definition) is 3. The van der Waals surface area contributed by atoms with Crippen LogP contribution in [-0.2, 0) is 4.79 Å². The number of benzene rings is 1. The van der Waals surface area contributed by atoms with Crippen molar-refractivity contribution >= 4 is 17.7 Å². The average Bonchev–Trinajstić information content (AvgIpc) is 2.41. The van der Waals surface area contributed by atoms with Crippen LogP contribution < -0.4 is 11.1 Å². The van der Waals surface area contributed by atoms with Crippen LogP contribution in [0.1, 0.15) is 39.5 Å². The molecule has 1 saturated carbocycles. The van der Waals surface area contributed by atoms with Crippen LogP contribution in [0.2, 0.25) is 0 Å². The number of halogens is 1. The highest BCUT2D eigenvalue weighted by atomic mass is 32.2. The molecule has 3 nitrogen and oxygen atoms in total. The Labute approximate surface area is 129 Å². The number of nitrogens with two attached hydrogens (primary N) is 1. The maximum absolute atomic E-state index is 13.8. The van der Waals surface area contributed by atoms with Crippen molar-refractivity contribution in [3.05, 3.63) is 30.1 Å². The van der Waals surface area contributed by atoms with Crippen LogP contribution in [0.5, 0.6) is 0 Å². The fourth-order valence-corrected chi connectivity index (χ4v) is 4.37. The van der Waals surface area contributed by atoms with Crippen molar-refractivity contribution in [1.29, 1.82) is 0 Å². The second-order valence-electron chi connectivity index (χ2n) is 6.01. The van der Waals surface area contributed by atoms with Crippen molar-refractivity contribution in [2.75, 3.05) is 0 Å². The zero-order valence-corrected chi connectivity index (χ0v) is 13.4. The number of carbonyl (C=O) groups excluding carboxylic acids is 1. The normalized spacial score (nSPS) is 26.0. The minimum absolute atomic E-state index is 0.190. The lowest BCUT2D eigenvalue weighted by atomic mass is 9.80. The van der Waals surface area contributed by atoms with E-state index < -0.39 is 5.54 Å². The molecular weight excluding hydrogens is 287 g/mol. The first-order valence-corrected chi connectivity index (χ1v) is 8.30. The molecule has 0 aromatic heterocycles. The van der Waals surface area contributed by atoms with E-state index in [2.05, 4.69) is 5.32 Å². The summed E-state index contributed by atoms with van der Waals surface area (Å²) in [5, 5.41) is 3.55. The zero-order chi connectivity index (χ0) is 15.5. The van der Waals surface area contributed by atoms with E-state index in [0.29, 0.717) is 11.3 Å². The van der Waals surface area contributed by atoms with Crippen molar-refractivity contribution < 1.29 is 9.18 Å². The molecule has 1 aliphatic carbocycles. The molecule has 0 saturated heterocycles. The molecule has 0 heterocycles. The third-order valence-electron chi connectivity index (χ3n) is 3.87. The Bertz CT molecular complexity index is 509. The lowest BCUT2D eigenvalue weighted by Crippen LogP contribution is -2.60. The van der Waals surface area contributed by atoms with Gasteiger partial charge in [-0.3, -0.25) is 4.79 Å². The average molecular weight is 310 g/mol. The molecule has 2 rings (SSSR count). The Hall–Kier alpha value is -1.07. The quantitative estimate of drug-likeness (QED) is 0.879. The maximum Gasteiger partial charge on any atom is 0.237 e. The fourth-order valence-electron chi connectivity index (χ4n) is 3.02. The zero-order valence-electron chi connectivity index (χ0n) is 12.6. The van der Waals surface area contributed by atoms with Crippen molar-refractivity contribution in [3.63, 3.8) is 0 Å². The van der Waals surface area contributed by atoms with Gasteiger partial charge in [0.1, 0.15) is 5.82 Å². The summed E-state index contributed by atoms with van der Waals surface area (Å²) in [5.41, 5.74) is 4.99. The lowest BCUT2D eigenvalue weighted by molar-refractivity contribution is -0.126. The van der Waals surface area contributed by atoms with E-state index in [-0.39, 0.29) is 23.0 Å². The van der Waals surface area contributed by atoms with Crippen LogP contribution in [0.3, 0.4) is 0 Å². The predicted octanol–water partition coefficient (Wildman–Crippen LogP) is 3.08. The van der Waals surface area contributed by atoms with Gasteiger partial charge in [0, 0.05) is 16.2 Å². The summed E-state index contributed by atoms with van der Waals surface area (Å²) in [6, 6.07) is 6.97. The van der Waals surface area contributed by atoms with Gasteiger partial charge in [-0.25, -0.2) is 4.39 Å². The van der Waals surface area contributed by atoms with Gasteiger partial charge >= 0.3 is 0 Å². The van der Waals surface area contributed by atoms with Gasteiger partial charge < -0.3 is 11.1 Å². The monoisotopic (exact) mass is 310 g/mol. The van der Waals surface area contributed by atoms with Gasteiger partial charge in [0.05, 0.1) is 5.54 Å². The van der Waals surface area contributed by atoms with Gasteiger partial charge in [0.25, 0.3) is 0 Å². The smallest absolute Gasteiger partial charge is 0.237 e. The van der Waals surface area contributed by atoms with Crippen LogP contribution in [0.4, 0.5) is 4.39 Å². The minimum Gasteiger partial charge on any atom is -0.368 e. The minimum atomic E-state index is -0.657. The van der Waals surface area contributed by atoms with Gasteiger partial charge in [-0.1, -0.05) is 12.1 Å². The number of rotatable bonds is 5. The van der Waals surface area contributed by atoms with E-state index >= 15 is 0 Å². The van der Waals surface area contributed by atoms with Crippen LogP contribution in [0.15, 0.2) is 29.2 Å². The molecule has 3 N–H and O–H groups in total. The summed E-state index contributed by atoms with van der Waals surface area (Å²) in [4.78, 5) is 12.6. The summed E-state index contributed by atoms with van der Waals surface area (Å²) in [6.45, 7) is 4.02. The molecule has 1 aliphatic rings. The number of nitrogens with one attached hydrogen (secondary N) is 1. The molecule has 0 aliphatic heterocycles. The highest BCUT2D eigenvalue weighted by Crippen LogP contribution is 2.39. The molecule has 5 heteroatoms. The van der Waals surface area contributed by atoms with Crippen molar-refractivity contribution in [2.24, 2.45) is 5.73 Å².